The van der Waals surface area contributed by atoms with Gasteiger partial charge >= 0.3 is 5.97 Å². The molecule has 4 rings (SSSR count). The van der Waals surface area contributed by atoms with E-state index < -0.39 is 22.1 Å². The van der Waals surface area contributed by atoms with Crippen LogP contribution < -0.4 is 14.2 Å². The van der Waals surface area contributed by atoms with Crippen molar-refractivity contribution >= 4 is 21.8 Å². The summed E-state index contributed by atoms with van der Waals surface area (Å²) < 4.78 is 51.1. The van der Waals surface area contributed by atoms with Crippen molar-refractivity contribution < 1.29 is 32.2 Å². The Hall–Kier alpha value is -4.05. The zero-order chi connectivity index (χ0) is 25.7. The summed E-state index contributed by atoms with van der Waals surface area (Å²) in [5.74, 6) is 1.30. The summed E-state index contributed by atoms with van der Waals surface area (Å²) >= 11 is 0. The smallest absolute Gasteiger partial charge is 0.342 e. The van der Waals surface area contributed by atoms with Gasteiger partial charge in [-0.2, -0.15) is 8.42 Å². The summed E-state index contributed by atoms with van der Waals surface area (Å²) in [6, 6.07) is 20.3. The first-order valence-corrected chi connectivity index (χ1v) is 12.5. The third-order valence-corrected chi connectivity index (χ3v) is 6.87. The average molecular weight is 511 g/mol. The molecule has 36 heavy (non-hydrogen) atoms. The number of hydrogen-bond acceptors (Lipinski definition) is 8. The molecule has 3 aromatic rings. The number of sulfonamides is 1. The normalized spacial score (nSPS) is 14.2. The quantitative estimate of drug-likeness (QED) is 0.404. The van der Waals surface area contributed by atoms with E-state index in [1.54, 1.807) is 85.8 Å². The van der Waals surface area contributed by atoms with Crippen molar-refractivity contribution in [1.29, 1.82) is 0 Å². The summed E-state index contributed by atoms with van der Waals surface area (Å²) in [6.07, 6.45) is -0.771. The van der Waals surface area contributed by atoms with Gasteiger partial charge in [-0.25, -0.2) is 4.79 Å². The van der Waals surface area contributed by atoms with Gasteiger partial charge in [0, 0.05) is 12.6 Å². The average Bonchev–Trinajstić information content (AvgIpc) is 3.18. The van der Waals surface area contributed by atoms with Crippen molar-refractivity contribution in [3.05, 3.63) is 83.9 Å². The van der Waals surface area contributed by atoms with Gasteiger partial charge in [0.1, 0.15) is 34.3 Å². The number of rotatable bonds is 9. The van der Waals surface area contributed by atoms with Gasteiger partial charge < -0.3 is 23.8 Å². The van der Waals surface area contributed by atoms with Crippen LogP contribution in [0.3, 0.4) is 0 Å². The molecule has 0 N–H and O–H groups in total. The highest BCUT2D eigenvalue weighted by Gasteiger charge is 2.32. The van der Waals surface area contributed by atoms with Crippen LogP contribution in [0.15, 0.2) is 82.1 Å². The van der Waals surface area contributed by atoms with Crippen LogP contribution in [0, 0.1) is 0 Å². The number of esters is 1. The third kappa shape index (κ3) is 5.44. The third-order valence-electron chi connectivity index (χ3n) is 5.55. The standard InChI is InChI=1S/C26H26N2O7S/c1-28(25-22-9-5-7-11-24(22)36(30,31)27-25)16-20(17-34-19-14-12-18(32-2)13-15-19)35-26(29)21-8-4-6-10-23(21)33-3/h4-15,20H,16-17H2,1-3H3/t20-/m1/s1. The summed E-state index contributed by atoms with van der Waals surface area (Å²) in [6.45, 7) is 0.138. The summed E-state index contributed by atoms with van der Waals surface area (Å²) in [5, 5.41) is 0. The zero-order valence-corrected chi connectivity index (χ0v) is 20.9. The minimum Gasteiger partial charge on any atom is -0.497 e. The molecule has 9 nitrogen and oxygen atoms in total. The van der Waals surface area contributed by atoms with E-state index in [2.05, 4.69) is 4.40 Å². The topological polar surface area (TPSA) is 104 Å². The molecule has 0 aromatic heterocycles. The van der Waals surface area contributed by atoms with E-state index in [0.717, 1.165) is 0 Å². The fourth-order valence-electron chi connectivity index (χ4n) is 3.77. The number of nitrogens with zero attached hydrogens (tertiary/aromatic N) is 2. The molecule has 0 unspecified atom stereocenters. The number of amidine groups is 1. The molecule has 188 valence electrons. The summed E-state index contributed by atoms with van der Waals surface area (Å²) in [4.78, 5) is 14.8. The van der Waals surface area contributed by atoms with Crippen LogP contribution in [0.1, 0.15) is 15.9 Å². The molecule has 1 aliphatic rings. The second-order valence-corrected chi connectivity index (χ2v) is 9.55. The molecule has 3 aromatic carbocycles. The van der Waals surface area contributed by atoms with Crippen molar-refractivity contribution in [1.82, 2.24) is 4.90 Å². The Labute approximate surface area is 209 Å². The van der Waals surface area contributed by atoms with E-state index in [0.29, 0.717) is 22.8 Å². The molecule has 1 heterocycles. The lowest BCUT2D eigenvalue weighted by atomic mass is 10.2. The molecule has 0 amide bonds. The number of para-hydroxylation sites is 1. The second-order valence-electron chi connectivity index (χ2n) is 7.98. The minimum absolute atomic E-state index is 0.0131. The number of carbonyl (C=O) groups is 1. The number of methoxy groups -OCH3 is 2. The molecule has 0 aliphatic carbocycles. The van der Waals surface area contributed by atoms with Crippen LogP contribution in [0.2, 0.25) is 0 Å². The Morgan fingerprint density at radius 3 is 2.31 bits per heavy atom. The van der Waals surface area contributed by atoms with Crippen molar-refractivity contribution in [3.63, 3.8) is 0 Å². The number of fused-ring (bicyclic) bond motifs is 1. The van der Waals surface area contributed by atoms with E-state index >= 15 is 0 Å². The second kappa shape index (κ2) is 10.7. The summed E-state index contributed by atoms with van der Waals surface area (Å²) in [7, 11) is 0.940. The number of hydrogen-bond donors (Lipinski definition) is 0. The van der Waals surface area contributed by atoms with Gasteiger partial charge in [0.05, 0.1) is 20.8 Å². The molecule has 0 bridgehead atoms. The molecule has 0 radical (unpaired) electrons. The maximum absolute atomic E-state index is 13.0. The summed E-state index contributed by atoms with van der Waals surface area (Å²) in [5.41, 5.74) is 0.758. The van der Waals surface area contributed by atoms with E-state index in [4.69, 9.17) is 18.9 Å². The highest BCUT2D eigenvalue weighted by molar-refractivity contribution is 7.90. The SMILES string of the molecule is COc1ccc(OC[C@@H](CN(C)C2=NS(=O)(=O)c3ccccc32)OC(=O)c2ccccc2OC)cc1. The fourth-order valence-corrected chi connectivity index (χ4v) is 5.02. The van der Waals surface area contributed by atoms with Crippen molar-refractivity contribution in [2.24, 2.45) is 4.40 Å². The van der Waals surface area contributed by atoms with Crippen molar-refractivity contribution in [2.75, 3.05) is 34.4 Å². The Morgan fingerprint density at radius 2 is 1.58 bits per heavy atom. The molecule has 0 saturated heterocycles. The van der Waals surface area contributed by atoms with E-state index in [1.807, 2.05) is 0 Å². The van der Waals surface area contributed by atoms with Gasteiger partial charge in [0.25, 0.3) is 10.0 Å². The Balaban J connectivity index is 1.55. The number of benzene rings is 3. The molecule has 0 fully saturated rings. The lowest BCUT2D eigenvalue weighted by molar-refractivity contribution is 0.0127. The first-order chi connectivity index (χ1) is 17.3. The Bertz CT molecular complexity index is 1370. The number of ether oxygens (including phenoxy) is 4. The Kier molecular flexibility index (Phi) is 7.44. The molecule has 0 spiro atoms. The molecule has 10 heteroatoms. The monoisotopic (exact) mass is 510 g/mol. The van der Waals surface area contributed by atoms with Gasteiger partial charge in [0.15, 0.2) is 11.9 Å². The van der Waals surface area contributed by atoms with Crippen molar-refractivity contribution in [3.8, 4) is 17.2 Å². The number of likely N-dealkylation sites (N-methyl/N-ethyl adjacent to an activating group) is 1. The highest BCUT2D eigenvalue weighted by Crippen LogP contribution is 2.27. The predicted molar refractivity (Wildman–Crippen MR) is 133 cm³/mol. The van der Waals surface area contributed by atoms with E-state index in [1.165, 1.54) is 13.2 Å². The maximum Gasteiger partial charge on any atom is 0.342 e. The fraction of sp³-hybridized carbons (Fsp3) is 0.231. The van der Waals surface area contributed by atoms with Gasteiger partial charge in [0.2, 0.25) is 0 Å². The van der Waals surface area contributed by atoms with Crippen LogP contribution in [-0.2, 0) is 14.8 Å². The van der Waals surface area contributed by atoms with Gasteiger partial charge in [-0.15, -0.1) is 4.40 Å². The van der Waals surface area contributed by atoms with E-state index in [-0.39, 0.29) is 29.4 Å². The van der Waals surface area contributed by atoms with E-state index in [9.17, 15) is 13.2 Å². The predicted octanol–water partition coefficient (Wildman–Crippen LogP) is 3.39. The first-order valence-electron chi connectivity index (χ1n) is 11.1. The highest BCUT2D eigenvalue weighted by atomic mass is 32.2. The number of carbonyl (C=O) groups excluding carboxylic acids is 1. The van der Waals surface area contributed by atoms with Crippen LogP contribution in [-0.4, -0.2) is 65.6 Å². The largest absolute Gasteiger partial charge is 0.497 e. The van der Waals surface area contributed by atoms with Gasteiger partial charge in [-0.05, 0) is 48.5 Å². The van der Waals surface area contributed by atoms with Gasteiger partial charge in [-0.1, -0.05) is 24.3 Å². The molecule has 1 atom stereocenters. The Morgan fingerprint density at radius 1 is 0.917 bits per heavy atom. The van der Waals surface area contributed by atoms with Gasteiger partial charge in [-0.3, -0.25) is 0 Å². The lowest BCUT2D eigenvalue weighted by Gasteiger charge is -2.26. The molecule has 0 saturated carbocycles. The van der Waals surface area contributed by atoms with Crippen LogP contribution >= 0.6 is 0 Å². The van der Waals surface area contributed by atoms with Crippen LogP contribution in [0.25, 0.3) is 0 Å². The van der Waals surface area contributed by atoms with Crippen LogP contribution in [0.5, 0.6) is 17.2 Å². The molecular weight excluding hydrogens is 484 g/mol. The minimum atomic E-state index is -3.79. The zero-order valence-electron chi connectivity index (χ0n) is 20.1. The van der Waals surface area contributed by atoms with Crippen LogP contribution in [0.4, 0.5) is 0 Å². The maximum atomic E-state index is 13.0. The molecule has 1 aliphatic heterocycles. The van der Waals surface area contributed by atoms with Crippen molar-refractivity contribution in [2.45, 2.75) is 11.0 Å². The lowest BCUT2D eigenvalue weighted by Crippen LogP contribution is -2.39. The first kappa shape index (κ1) is 25.1. The molecular formula is C26H26N2O7S.